The number of nitrogens with zero attached hydrogens (tertiary/aromatic N) is 5. The summed E-state index contributed by atoms with van der Waals surface area (Å²) in [4.78, 5) is 20.9. The first-order valence-electron chi connectivity index (χ1n) is 15.2. The molecule has 228 valence electrons. The van der Waals surface area contributed by atoms with Crippen LogP contribution in [-0.4, -0.2) is 51.0 Å². The van der Waals surface area contributed by atoms with Gasteiger partial charge in [0.1, 0.15) is 0 Å². The fraction of sp³-hybridized carbons (Fsp3) is 0.394. The van der Waals surface area contributed by atoms with Crippen LogP contribution < -0.4 is 8.59 Å². The van der Waals surface area contributed by atoms with Gasteiger partial charge in [0.15, 0.2) is 0 Å². The summed E-state index contributed by atoms with van der Waals surface area (Å²) in [5.74, 6) is -2.07. The monoisotopic (exact) mass is 699 g/mol. The van der Waals surface area contributed by atoms with Crippen LogP contribution >= 0.6 is 0 Å². The molecule has 3 heterocycles. The van der Waals surface area contributed by atoms with Crippen LogP contribution in [0.4, 0.5) is 18.9 Å². The molecule has 3 aromatic heterocycles. The molecule has 10 heteroatoms. The third kappa shape index (κ3) is 8.25. The average molecular weight is 698 g/mol. The van der Waals surface area contributed by atoms with Crippen molar-refractivity contribution in [2.45, 2.75) is 78.8 Å². The summed E-state index contributed by atoms with van der Waals surface area (Å²) >= 11 is -2.63. The van der Waals surface area contributed by atoms with E-state index in [2.05, 4.69) is 53.6 Å². The SMILES string of the molecule is CCC[CH2][Sn]([CH2]CCC)([CH2]CCC)[c]1ccc2nc(-c3ccc(N(/N=C/c4ccncc4)C(=O)C(F)(F)F)cc3)cn2c1. The van der Waals surface area contributed by atoms with Gasteiger partial charge < -0.3 is 0 Å². The molecule has 0 N–H and O–H groups in total. The number of hydrogen-bond donors (Lipinski definition) is 0. The number of unbranched alkanes of at least 4 members (excludes halogenated alkanes) is 3. The van der Waals surface area contributed by atoms with Crippen LogP contribution in [0.1, 0.15) is 64.9 Å². The van der Waals surface area contributed by atoms with Gasteiger partial charge >= 0.3 is 209 Å². The van der Waals surface area contributed by atoms with Crippen molar-refractivity contribution in [3.8, 4) is 11.3 Å². The van der Waals surface area contributed by atoms with Crippen LogP contribution in [0.5, 0.6) is 0 Å². The van der Waals surface area contributed by atoms with Crippen molar-refractivity contribution in [1.82, 2.24) is 14.4 Å². The van der Waals surface area contributed by atoms with Gasteiger partial charge in [0.05, 0.1) is 0 Å². The summed E-state index contributed by atoms with van der Waals surface area (Å²) in [6.07, 6.45) is 10.9. The molecule has 0 aliphatic heterocycles. The fourth-order valence-electron chi connectivity index (χ4n) is 5.50. The molecule has 4 aromatic rings. The number of carbonyl (C=O) groups is 1. The first-order chi connectivity index (χ1) is 20.7. The van der Waals surface area contributed by atoms with Crippen LogP contribution in [0.25, 0.3) is 16.9 Å². The molecule has 0 aliphatic carbocycles. The molecule has 1 amide bonds. The zero-order chi connectivity index (χ0) is 30.9. The summed E-state index contributed by atoms with van der Waals surface area (Å²) in [5, 5.41) is 4.23. The van der Waals surface area contributed by atoms with Crippen LogP contribution in [0.2, 0.25) is 13.3 Å². The quantitative estimate of drug-likeness (QED) is 0.0756. The molecule has 0 saturated heterocycles. The van der Waals surface area contributed by atoms with Gasteiger partial charge in [0, 0.05) is 12.4 Å². The molecule has 43 heavy (non-hydrogen) atoms. The summed E-state index contributed by atoms with van der Waals surface area (Å²) in [6.45, 7) is 6.83. The third-order valence-corrected chi connectivity index (χ3v) is 23.5. The van der Waals surface area contributed by atoms with E-state index in [1.165, 1.54) is 82.6 Å². The predicted molar refractivity (Wildman–Crippen MR) is 171 cm³/mol. The molecule has 0 saturated carbocycles. The van der Waals surface area contributed by atoms with E-state index in [9.17, 15) is 18.0 Å². The molecule has 0 unspecified atom stereocenters. The van der Waals surface area contributed by atoms with E-state index in [0.717, 1.165) is 11.2 Å². The summed E-state index contributed by atoms with van der Waals surface area (Å²) in [7, 11) is 0. The Morgan fingerprint density at radius 2 is 1.49 bits per heavy atom. The zero-order valence-electron chi connectivity index (χ0n) is 25.1. The predicted octanol–water partition coefficient (Wildman–Crippen LogP) is 8.38. The van der Waals surface area contributed by atoms with Crippen LogP contribution in [0.3, 0.4) is 0 Å². The number of amides is 1. The van der Waals surface area contributed by atoms with E-state index in [0.29, 0.717) is 16.3 Å². The Balaban J connectivity index is 1.65. The first kappa shape index (κ1) is 32.7. The van der Waals surface area contributed by atoms with Gasteiger partial charge in [0.25, 0.3) is 0 Å². The Morgan fingerprint density at radius 1 is 0.884 bits per heavy atom. The number of fused-ring (bicyclic) bond motifs is 1. The standard InChI is InChI=1S/C21H13F3N5O.3C4H9.Sn/c22-21(23,24)20(30)29(26-13-15-8-10-25-11-9-15)17-6-4-16(5-7-17)18-14-28-12-2-1-3-19(28)27-18;3*1-3-4-2;/h1,3-14H;3*1,3-4H2,2H3;/b26-13+;;;;. The number of rotatable bonds is 14. The second-order valence-electron chi connectivity index (χ2n) is 11.1. The van der Waals surface area contributed by atoms with E-state index in [1.54, 1.807) is 27.8 Å². The first-order valence-corrected chi connectivity index (χ1v) is 22.6. The van der Waals surface area contributed by atoms with Crippen molar-refractivity contribution >= 4 is 45.4 Å². The molecule has 0 bridgehead atoms. The number of imidazole rings is 1. The Hall–Kier alpha value is -3.21. The Morgan fingerprint density at radius 3 is 2.05 bits per heavy atom. The zero-order valence-corrected chi connectivity index (χ0v) is 28.0. The van der Waals surface area contributed by atoms with Crippen LogP contribution in [0.15, 0.2) is 78.4 Å². The van der Waals surface area contributed by atoms with Crippen molar-refractivity contribution in [2.75, 3.05) is 5.01 Å². The van der Waals surface area contributed by atoms with Crippen molar-refractivity contribution in [1.29, 1.82) is 0 Å². The fourth-order valence-corrected chi connectivity index (χ4v) is 21.4. The molecule has 0 aliphatic rings. The Bertz CT molecular complexity index is 1480. The molecule has 1 aromatic carbocycles. The van der Waals surface area contributed by atoms with E-state index in [4.69, 9.17) is 4.98 Å². The minimum atomic E-state index is -5.08. The van der Waals surface area contributed by atoms with Gasteiger partial charge in [-0.2, -0.15) is 13.2 Å². The minimum absolute atomic E-state index is 0.00376. The van der Waals surface area contributed by atoms with Crippen molar-refractivity contribution in [3.63, 3.8) is 0 Å². The Labute approximate surface area is 255 Å². The number of alkyl halides is 3. The van der Waals surface area contributed by atoms with Gasteiger partial charge in [-0.15, -0.1) is 0 Å². The average Bonchev–Trinajstić information content (AvgIpc) is 3.45. The van der Waals surface area contributed by atoms with E-state index >= 15 is 0 Å². The summed E-state index contributed by atoms with van der Waals surface area (Å²) < 4.78 is 48.0. The number of anilines is 1. The molecule has 0 spiro atoms. The molecular weight excluding hydrogens is 658 g/mol. The van der Waals surface area contributed by atoms with Gasteiger partial charge in [-0.1, -0.05) is 0 Å². The van der Waals surface area contributed by atoms with Crippen molar-refractivity contribution in [2.24, 2.45) is 5.10 Å². The number of benzene rings is 1. The summed E-state index contributed by atoms with van der Waals surface area (Å²) in [6, 6.07) is 13.9. The number of halogens is 3. The van der Waals surface area contributed by atoms with Gasteiger partial charge in [-0.3, -0.25) is 4.98 Å². The van der Waals surface area contributed by atoms with E-state index in [1.807, 2.05) is 6.20 Å². The number of aromatic nitrogens is 3. The van der Waals surface area contributed by atoms with Crippen molar-refractivity contribution < 1.29 is 18.0 Å². The van der Waals surface area contributed by atoms with Gasteiger partial charge in [-0.25, -0.2) is 0 Å². The molecule has 0 radical (unpaired) electrons. The third-order valence-electron chi connectivity index (χ3n) is 7.96. The second kappa shape index (κ2) is 15.0. The number of pyridine rings is 2. The molecule has 6 nitrogen and oxygen atoms in total. The molecule has 0 atom stereocenters. The topological polar surface area (TPSA) is 62.9 Å². The van der Waals surface area contributed by atoms with Crippen LogP contribution in [-0.2, 0) is 4.79 Å². The maximum absolute atomic E-state index is 13.4. The molecule has 4 rings (SSSR count). The van der Waals surface area contributed by atoms with Gasteiger partial charge in [0.2, 0.25) is 0 Å². The normalized spacial score (nSPS) is 12.3. The second-order valence-corrected chi connectivity index (χ2v) is 24.3. The van der Waals surface area contributed by atoms with Gasteiger partial charge in [-0.05, 0) is 17.7 Å². The van der Waals surface area contributed by atoms with Crippen LogP contribution in [0, 0.1) is 0 Å². The summed E-state index contributed by atoms with van der Waals surface area (Å²) in [5.41, 5.74) is 2.81. The molecule has 0 fully saturated rings. The number of carbonyl (C=O) groups excluding carboxylic acids is 1. The van der Waals surface area contributed by atoms with Crippen molar-refractivity contribution in [3.05, 3.63) is 78.9 Å². The number of hydrazone groups is 1. The van der Waals surface area contributed by atoms with E-state index in [-0.39, 0.29) is 5.69 Å². The Kier molecular flexibility index (Phi) is 11.4. The maximum atomic E-state index is 13.4. The van der Waals surface area contributed by atoms with E-state index < -0.39 is 30.5 Å². The molecular formula is C33H40F3N5OSn. The number of hydrogen-bond acceptors (Lipinski definition) is 4.